The van der Waals surface area contributed by atoms with Crippen LogP contribution in [0.5, 0.6) is 0 Å². The quantitative estimate of drug-likeness (QED) is 0.576. The first-order chi connectivity index (χ1) is 4.46. The summed E-state index contributed by atoms with van der Waals surface area (Å²) in [4.78, 5) is 0. The molecule has 0 aromatic heterocycles. The van der Waals surface area contributed by atoms with Crippen LogP contribution in [0.25, 0.3) is 0 Å². The molecule has 0 amide bonds. The number of hydrogen-bond donors (Lipinski definition) is 0. The summed E-state index contributed by atoms with van der Waals surface area (Å²) in [6.45, 7) is 6.68. The molecule has 0 aromatic rings. The molecule has 0 N–H and O–H groups in total. The molecular weight excluding hydrogens is 167 g/mol. The Bertz CT molecular complexity index is 166. The molecular formula is C8H12Cl2. The van der Waals surface area contributed by atoms with Gasteiger partial charge in [-0.05, 0) is 17.3 Å². The molecule has 2 atom stereocenters. The molecule has 1 saturated carbocycles. The van der Waals surface area contributed by atoms with Crippen molar-refractivity contribution in [2.75, 3.05) is 0 Å². The summed E-state index contributed by atoms with van der Waals surface area (Å²) < 4.78 is 0.405. The van der Waals surface area contributed by atoms with Crippen LogP contribution in [-0.2, 0) is 0 Å². The van der Waals surface area contributed by atoms with Crippen molar-refractivity contribution >= 4 is 23.2 Å². The normalized spacial score (nSPS) is 35.3. The van der Waals surface area contributed by atoms with Crippen molar-refractivity contribution in [1.82, 2.24) is 0 Å². The lowest BCUT2D eigenvalue weighted by Gasteiger charge is -1.95. The van der Waals surface area contributed by atoms with Crippen LogP contribution in [0, 0.1) is 17.3 Å². The van der Waals surface area contributed by atoms with Crippen molar-refractivity contribution in [3.05, 3.63) is 10.6 Å². The Labute approximate surface area is 72.2 Å². The third-order valence-corrected chi connectivity index (χ3v) is 3.02. The zero-order valence-corrected chi connectivity index (χ0v) is 8.00. The maximum absolute atomic E-state index is 5.53. The van der Waals surface area contributed by atoms with Crippen LogP contribution < -0.4 is 0 Å². The summed E-state index contributed by atoms with van der Waals surface area (Å²) in [7, 11) is 0. The zero-order chi connectivity index (χ0) is 7.94. The maximum Gasteiger partial charge on any atom is 0.103 e. The monoisotopic (exact) mass is 178 g/mol. The van der Waals surface area contributed by atoms with E-state index in [0.29, 0.717) is 15.8 Å². The van der Waals surface area contributed by atoms with Crippen molar-refractivity contribution in [2.24, 2.45) is 17.3 Å². The van der Waals surface area contributed by atoms with E-state index in [9.17, 15) is 0 Å². The minimum absolute atomic E-state index is 0.405. The predicted molar refractivity (Wildman–Crippen MR) is 46.2 cm³/mol. The van der Waals surface area contributed by atoms with Gasteiger partial charge in [0.25, 0.3) is 0 Å². The van der Waals surface area contributed by atoms with Crippen LogP contribution in [0.4, 0.5) is 0 Å². The van der Waals surface area contributed by atoms with E-state index < -0.39 is 0 Å². The van der Waals surface area contributed by atoms with E-state index in [2.05, 4.69) is 20.8 Å². The molecule has 0 aliphatic heterocycles. The van der Waals surface area contributed by atoms with E-state index in [4.69, 9.17) is 23.2 Å². The highest BCUT2D eigenvalue weighted by Gasteiger charge is 2.52. The average molecular weight is 179 g/mol. The van der Waals surface area contributed by atoms with Crippen LogP contribution in [0.2, 0.25) is 0 Å². The zero-order valence-electron chi connectivity index (χ0n) is 6.49. The SMILES string of the molecule is C[C@H]1[C@H](C=C(Cl)Cl)C1(C)C. The first-order valence-electron chi connectivity index (χ1n) is 3.49. The Balaban J connectivity index is 2.58. The second kappa shape index (κ2) is 2.42. The summed E-state index contributed by atoms with van der Waals surface area (Å²) in [5, 5.41) is 0. The Morgan fingerprint density at radius 2 is 1.80 bits per heavy atom. The smallest absolute Gasteiger partial charge is 0.0712 e. The van der Waals surface area contributed by atoms with Crippen molar-refractivity contribution in [2.45, 2.75) is 20.8 Å². The largest absolute Gasteiger partial charge is 0.103 e. The first-order valence-corrected chi connectivity index (χ1v) is 4.24. The third-order valence-electron chi connectivity index (χ3n) is 2.77. The second-order valence-electron chi connectivity index (χ2n) is 3.59. The van der Waals surface area contributed by atoms with Gasteiger partial charge in [-0.3, -0.25) is 0 Å². The highest BCUT2D eigenvalue weighted by Crippen LogP contribution is 2.59. The van der Waals surface area contributed by atoms with Crippen molar-refractivity contribution in [3.8, 4) is 0 Å². The lowest BCUT2D eigenvalue weighted by molar-refractivity contribution is 0.570. The van der Waals surface area contributed by atoms with Gasteiger partial charge in [0, 0.05) is 0 Å². The minimum Gasteiger partial charge on any atom is -0.0712 e. The van der Waals surface area contributed by atoms with Gasteiger partial charge < -0.3 is 0 Å². The molecule has 0 heterocycles. The average Bonchev–Trinajstić information content (AvgIpc) is 2.17. The van der Waals surface area contributed by atoms with Gasteiger partial charge in [0.15, 0.2) is 0 Å². The van der Waals surface area contributed by atoms with Gasteiger partial charge >= 0.3 is 0 Å². The molecule has 0 spiro atoms. The molecule has 0 radical (unpaired) electrons. The van der Waals surface area contributed by atoms with E-state index in [1.807, 2.05) is 6.08 Å². The topological polar surface area (TPSA) is 0 Å². The molecule has 10 heavy (non-hydrogen) atoms. The van der Waals surface area contributed by atoms with Gasteiger partial charge in [0.05, 0.1) is 0 Å². The van der Waals surface area contributed by atoms with Crippen molar-refractivity contribution in [1.29, 1.82) is 0 Å². The second-order valence-corrected chi connectivity index (χ2v) is 4.60. The van der Waals surface area contributed by atoms with Gasteiger partial charge in [0.1, 0.15) is 4.49 Å². The van der Waals surface area contributed by atoms with Gasteiger partial charge in [-0.2, -0.15) is 0 Å². The van der Waals surface area contributed by atoms with Crippen molar-refractivity contribution in [3.63, 3.8) is 0 Å². The lowest BCUT2D eigenvalue weighted by atomic mass is 10.1. The van der Waals surface area contributed by atoms with E-state index in [0.717, 1.165) is 5.92 Å². The van der Waals surface area contributed by atoms with Gasteiger partial charge in [-0.1, -0.05) is 50.0 Å². The fourth-order valence-electron chi connectivity index (χ4n) is 1.44. The van der Waals surface area contributed by atoms with Crippen molar-refractivity contribution < 1.29 is 0 Å². The molecule has 0 unspecified atom stereocenters. The summed E-state index contributed by atoms with van der Waals surface area (Å²) in [5.74, 6) is 1.30. The Morgan fingerprint density at radius 3 is 1.90 bits per heavy atom. The van der Waals surface area contributed by atoms with E-state index in [1.54, 1.807) is 0 Å². The van der Waals surface area contributed by atoms with Gasteiger partial charge in [0.2, 0.25) is 0 Å². The highest BCUT2D eigenvalue weighted by atomic mass is 35.5. The van der Waals surface area contributed by atoms with E-state index >= 15 is 0 Å². The van der Waals surface area contributed by atoms with Crippen LogP contribution in [0.1, 0.15) is 20.8 Å². The molecule has 0 bridgehead atoms. The standard InChI is InChI=1S/C8H12Cl2/c1-5-6(4-7(9)10)8(5,2)3/h4-6H,1-3H3/t5-,6-/m0/s1. The number of rotatable bonds is 1. The third kappa shape index (κ3) is 1.33. The number of halogens is 2. The molecule has 0 nitrogen and oxygen atoms in total. The van der Waals surface area contributed by atoms with Crippen LogP contribution in [-0.4, -0.2) is 0 Å². The minimum atomic E-state index is 0.405. The van der Waals surface area contributed by atoms with Gasteiger partial charge in [-0.15, -0.1) is 0 Å². The first kappa shape index (κ1) is 8.42. The number of allylic oxidation sites excluding steroid dienone is 1. The molecule has 0 aromatic carbocycles. The summed E-state index contributed by atoms with van der Waals surface area (Å²) >= 11 is 11.1. The summed E-state index contributed by atoms with van der Waals surface area (Å²) in [5.41, 5.74) is 0.412. The molecule has 1 fully saturated rings. The Kier molecular flexibility index (Phi) is 2.04. The molecule has 1 rings (SSSR count). The van der Waals surface area contributed by atoms with Crippen LogP contribution in [0.3, 0.4) is 0 Å². The lowest BCUT2D eigenvalue weighted by Crippen LogP contribution is -1.86. The molecule has 58 valence electrons. The van der Waals surface area contributed by atoms with Crippen LogP contribution >= 0.6 is 23.2 Å². The molecule has 2 heteroatoms. The predicted octanol–water partition coefficient (Wildman–Crippen LogP) is 3.60. The van der Waals surface area contributed by atoms with E-state index in [-0.39, 0.29) is 0 Å². The summed E-state index contributed by atoms with van der Waals surface area (Å²) in [6.07, 6.45) is 1.94. The Morgan fingerprint density at radius 1 is 1.40 bits per heavy atom. The molecule has 1 aliphatic rings. The van der Waals surface area contributed by atoms with E-state index in [1.165, 1.54) is 0 Å². The Hall–Kier alpha value is 0.320. The summed E-state index contributed by atoms with van der Waals surface area (Å²) in [6, 6.07) is 0. The van der Waals surface area contributed by atoms with Gasteiger partial charge in [-0.25, -0.2) is 0 Å². The molecule has 1 aliphatic carbocycles. The highest BCUT2D eigenvalue weighted by molar-refractivity contribution is 6.55. The molecule has 0 saturated heterocycles. The number of hydrogen-bond acceptors (Lipinski definition) is 0. The maximum atomic E-state index is 5.53. The fourth-order valence-corrected chi connectivity index (χ4v) is 1.71. The fraction of sp³-hybridized carbons (Fsp3) is 0.750. The van der Waals surface area contributed by atoms with Crippen LogP contribution in [0.15, 0.2) is 10.6 Å².